The van der Waals surface area contributed by atoms with Crippen molar-refractivity contribution >= 4 is 181 Å². The minimum Gasteiger partial charge on any atom is -0.504 e. The minimum atomic E-state index is 0. The first-order valence-electron chi connectivity index (χ1n) is 50.7. The van der Waals surface area contributed by atoms with Gasteiger partial charge in [0.25, 0.3) is 0 Å². The summed E-state index contributed by atoms with van der Waals surface area (Å²) in [6.07, 6.45) is 7.90. The molecule has 0 fully saturated rings. The molecule has 18 aromatic carbocycles. The van der Waals surface area contributed by atoms with Gasteiger partial charge in [-0.3, -0.25) is 29.9 Å². The van der Waals surface area contributed by atoms with Crippen LogP contribution in [0, 0.1) is 56.4 Å². The zero-order valence-corrected chi connectivity index (χ0v) is 94.2. The van der Waals surface area contributed by atoms with Crippen molar-refractivity contribution in [1.29, 1.82) is 0 Å². The summed E-state index contributed by atoms with van der Waals surface area (Å²) in [4.78, 5) is 43.1. The van der Waals surface area contributed by atoms with Crippen LogP contribution in [-0.4, -0.2) is 64.7 Å². The van der Waals surface area contributed by atoms with Crippen molar-refractivity contribution in [2.24, 2.45) is 21.1 Å². The van der Waals surface area contributed by atoms with Crippen LogP contribution in [-0.2, 0) is 81.5 Å². The molecule has 0 N–H and O–H groups in total. The van der Waals surface area contributed by atoms with Crippen LogP contribution in [0.1, 0.15) is 152 Å². The summed E-state index contributed by atoms with van der Waals surface area (Å²) in [5, 5.41) is 18.8. The molecule has 0 bridgehead atoms. The number of fused-ring (bicyclic) bond motifs is 17. The zero-order chi connectivity index (χ0) is 101. The van der Waals surface area contributed by atoms with Crippen LogP contribution in [0.25, 0.3) is 164 Å². The third kappa shape index (κ3) is 18.5. The van der Waals surface area contributed by atoms with Gasteiger partial charge in [0.1, 0.15) is 17.5 Å². The van der Waals surface area contributed by atoms with Crippen LogP contribution in [0.3, 0.4) is 0 Å². The number of hydrogen-bond acceptors (Lipinski definition) is 12. The number of anilines is 9. The van der Waals surface area contributed by atoms with Crippen molar-refractivity contribution in [2.45, 2.75) is 119 Å². The van der Waals surface area contributed by atoms with Gasteiger partial charge in [0, 0.05) is 135 Å². The van der Waals surface area contributed by atoms with E-state index in [0.717, 1.165) is 111 Å². The quantitative estimate of drug-likeness (QED) is 0.0858. The first-order chi connectivity index (χ1) is 71.0. The van der Waals surface area contributed by atoms with E-state index in [1.54, 1.807) is 0 Å². The molecule has 3 aliphatic rings. The normalized spacial score (nSPS) is 12.7. The molecule has 24 aromatic rings. The molecule has 0 saturated heterocycles. The fourth-order valence-electron chi connectivity index (χ4n) is 22.1. The molecule has 15 nitrogen and oxygen atoms in total. The van der Waals surface area contributed by atoms with Crippen molar-refractivity contribution < 1.29 is 60.3 Å². The molecule has 6 aromatic heterocycles. The van der Waals surface area contributed by atoms with Gasteiger partial charge >= 0.3 is 60.3 Å². The predicted molar refractivity (Wildman–Crippen MR) is 612 cm³/mol. The van der Waals surface area contributed by atoms with Crippen molar-refractivity contribution in [3.8, 4) is 34.2 Å². The van der Waals surface area contributed by atoms with E-state index in [4.69, 9.17) is 24.9 Å². The van der Waals surface area contributed by atoms with Crippen LogP contribution in [0.2, 0.25) is 0 Å². The number of para-hydroxylation sites is 10. The molecular weight excluding hydrogens is 2360 g/mol. The van der Waals surface area contributed by atoms with Gasteiger partial charge in [0.15, 0.2) is 0 Å². The SMILES string of the molecule is CC(C)c1cccc(C(C)C)c1-c1nc2c3[c-]ccc4ccc5ccnc(c5c43)c2n1C.CC(C)c1cccc(C(C)C)c1-c1nc2c3[c-]ccc4ccc5cncc(c5c43)c2n1C.CC(C)c1cccc(C(C)C)c1-c1nc2c3[c-]cccc3c3c4ccccc4ncc3c2n1C.CN1[CH-]N(c2[c-]cccc2)c2ccccc21.CN1[CH-]N(c2[c-]cccc2)c2ccccc21.CN1[CH-]N(c2[c-]cccc2)c2ccccc21.[Ir+3].[Ir+3].[Ir+3]. The minimum absolute atomic E-state index is 0. The van der Waals surface area contributed by atoms with Gasteiger partial charge in [-0.1, -0.05) is 233 Å². The summed E-state index contributed by atoms with van der Waals surface area (Å²) in [7, 11) is 12.6. The molecule has 3 aliphatic heterocycles. The first-order valence-corrected chi connectivity index (χ1v) is 50.7. The zero-order valence-electron chi connectivity index (χ0n) is 87.0. The monoisotopic (exact) mass is 2480 g/mol. The molecule has 0 spiro atoms. The Kier molecular flexibility index (Phi) is 29.7. The standard InChI is InChI=1S/C31H28N3.2C29H26N3.3C14H12N2.3Ir/c1-18(2)20-14-10-15-21(19(3)4)28(20)31-33-29-23-12-7-6-11-22(23)27-24-13-8-9-16-26(24)32-17-25(27)30(29)34(31)5;1-16(2)20-9-7-10-21(17(3)4)26(20)29-31-27-22-11-6-8-18-12-13-19-14-30-15-23(25(19)24(18)22)28(27)32(29)5;1-16(2)20-9-7-10-21(17(3)4)25(20)29-31-26-22-11-6-8-18-12-13-19-14-15-30-27(24(19)23(18)22)28(26)32(29)5;3*1-15-11-16(12-7-3-2-4-8-12)14-10-6-5-9-13(14)15;;;/h6-11,13-19H,1-5H3;2*6-10,12-17H,1-5H3;3*2-7,9-11H,1H3;;;/q3*-1;3*-2;3*+3. The first kappa shape index (κ1) is 103. The third-order valence-electron chi connectivity index (χ3n) is 29.1. The van der Waals surface area contributed by atoms with E-state index in [0.29, 0.717) is 35.5 Å². The summed E-state index contributed by atoms with van der Waals surface area (Å²) in [5.74, 6) is 5.50. The molecule has 0 radical (unpaired) electrons. The molecule has 0 atom stereocenters. The maximum absolute atomic E-state index is 5.33. The van der Waals surface area contributed by atoms with Gasteiger partial charge in [-0.05, 0) is 171 Å². The second kappa shape index (κ2) is 42.9. The summed E-state index contributed by atoms with van der Waals surface area (Å²) in [5.41, 5.74) is 30.7. The van der Waals surface area contributed by atoms with Crippen LogP contribution in [0.4, 0.5) is 51.2 Å². The molecule has 0 unspecified atom stereocenters. The van der Waals surface area contributed by atoms with Crippen molar-refractivity contribution in [2.75, 3.05) is 50.5 Å². The van der Waals surface area contributed by atoms with E-state index in [1.165, 1.54) is 138 Å². The average Bonchev–Trinajstić information content (AvgIpc) is 1.58. The molecule has 18 heteroatoms. The van der Waals surface area contributed by atoms with Crippen molar-refractivity contribution in [3.63, 3.8) is 0 Å². The van der Waals surface area contributed by atoms with E-state index in [9.17, 15) is 0 Å². The Morgan fingerprint density at radius 3 is 1.01 bits per heavy atom. The summed E-state index contributed by atoms with van der Waals surface area (Å²) >= 11 is 0. The number of nitrogens with zero attached hydrogens (tertiary/aromatic N) is 15. The predicted octanol–water partition coefficient (Wildman–Crippen LogP) is 32.9. The maximum atomic E-state index is 5.33. The van der Waals surface area contributed by atoms with Crippen LogP contribution in [0.15, 0.2) is 322 Å². The number of hydrogen-bond donors (Lipinski definition) is 0. The number of rotatable bonds is 12. The van der Waals surface area contributed by atoms with Gasteiger partial charge in [-0.15, -0.1) is 105 Å². The molecule has 742 valence electrons. The Bertz CT molecular complexity index is 8470. The van der Waals surface area contributed by atoms with E-state index in [-0.39, 0.29) is 60.3 Å². The van der Waals surface area contributed by atoms with E-state index < -0.39 is 0 Å². The van der Waals surface area contributed by atoms with Gasteiger partial charge in [-0.25, -0.2) is 0 Å². The van der Waals surface area contributed by atoms with Crippen molar-refractivity contribution in [1.82, 2.24) is 43.6 Å². The number of imidazole rings is 3. The second-order valence-corrected chi connectivity index (χ2v) is 40.3. The van der Waals surface area contributed by atoms with Gasteiger partial charge in [-0.2, -0.15) is 111 Å². The van der Waals surface area contributed by atoms with E-state index >= 15 is 0 Å². The van der Waals surface area contributed by atoms with Gasteiger partial charge in [0.05, 0.1) is 16.6 Å². The van der Waals surface area contributed by atoms with Gasteiger partial charge in [0.2, 0.25) is 0 Å². The fourth-order valence-corrected chi connectivity index (χ4v) is 22.1. The summed E-state index contributed by atoms with van der Waals surface area (Å²) in [6.45, 7) is 33.4. The Balaban J connectivity index is 0.000000115. The topological polar surface area (TPSA) is 112 Å². The smallest absolute Gasteiger partial charge is 0.504 e. The van der Waals surface area contributed by atoms with Crippen LogP contribution < -0.4 is 29.4 Å². The Hall–Kier alpha value is -14.6. The Morgan fingerprint density at radius 1 is 0.248 bits per heavy atom. The molecular formula is C131H116Ir3N15. The Labute approximate surface area is 914 Å². The molecule has 0 saturated carbocycles. The summed E-state index contributed by atoms with van der Waals surface area (Å²) < 4.78 is 6.82. The average molecular weight is 2480 g/mol. The number of pyridine rings is 3. The molecule has 9 heterocycles. The number of aromatic nitrogens is 9. The van der Waals surface area contributed by atoms with Crippen LogP contribution in [0.5, 0.6) is 0 Å². The maximum Gasteiger partial charge on any atom is 3.00 e. The molecule has 149 heavy (non-hydrogen) atoms. The van der Waals surface area contributed by atoms with Gasteiger partial charge < -0.3 is 43.1 Å². The second-order valence-electron chi connectivity index (χ2n) is 40.3. The van der Waals surface area contributed by atoms with Crippen molar-refractivity contribution in [3.05, 3.63) is 412 Å². The van der Waals surface area contributed by atoms with E-state index in [1.807, 2.05) is 104 Å². The van der Waals surface area contributed by atoms with E-state index in [2.05, 4.69) is 448 Å². The molecule has 0 aliphatic carbocycles. The summed E-state index contributed by atoms with van der Waals surface area (Å²) in [6, 6.07) is 123. The largest absolute Gasteiger partial charge is 3.00 e. The number of aryl methyl sites for hydroxylation is 3. The third-order valence-corrected chi connectivity index (χ3v) is 29.1. The Morgan fingerprint density at radius 2 is 0.591 bits per heavy atom. The molecule has 0 amide bonds. The fraction of sp³-hybridized carbons (Fsp3) is 0.183. The van der Waals surface area contributed by atoms with Crippen LogP contribution >= 0.6 is 0 Å². The number of benzene rings is 18. The molecule has 27 rings (SSSR count).